The third-order valence-corrected chi connectivity index (χ3v) is 4.58. The first kappa shape index (κ1) is 15.8. The van der Waals surface area contributed by atoms with Crippen molar-refractivity contribution in [3.8, 4) is 6.07 Å². The van der Waals surface area contributed by atoms with E-state index in [4.69, 9.17) is 0 Å². The van der Waals surface area contributed by atoms with Crippen molar-refractivity contribution in [2.24, 2.45) is 10.8 Å². The summed E-state index contributed by atoms with van der Waals surface area (Å²) < 4.78 is 40.1. The van der Waals surface area contributed by atoms with E-state index in [0.717, 1.165) is 0 Å². The van der Waals surface area contributed by atoms with E-state index < -0.39 is 29.0 Å². The molecule has 0 spiro atoms. The number of halogens is 3. The van der Waals surface area contributed by atoms with E-state index in [-0.39, 0.29) is 11.0 Å². The number of aliphatic hydroxyl groups is 1. The summed E-state index contributed by atoms with van der Waals surface area (Å²) in [6.45, 7) is 4.14. The van der Waals surface area contributed by atoms with Crippen LogP contribution in [0.1, 0.15) is 51.2 Å². The van der Waals surface area contributed by atoms with Crippen molar-refractivity contribution < 1.29 is 18.3 Å². The zero-order valence-corrected chi connectivity index (χ0v) is 12.1. The van der Waals surface area contributed by atoms with Gasteiger partial charge in [-0.3, -0.25) is 0 Å². The van der Waals surface area contributed by atoms with Gasteiger partial charge < -0.3 is 5.11 Å². The number of hydrogen-bond acceptors (Lipinski definition) is 2. The van der Waals surface area contributed by atoms with Crippen LogP contribution in [0.2, 0.25) is 0 Å². The highest BCUT2D eigenvalue weighted by molar-refractivity contribution is 5.27. The van der Waals surface area contributed by atoms with Gasteiger partial charge in [-0.25, -0.2) is 13.2 Å². The largest absolute Gasteiger partial charge is 0.387 e. The maximum atomic E-state index is 13.8. The molecule has 2 nitrogen and oxygen atoms in total. The highest BCUT2D eigenvalue weighted by atomic mass is 19.2. The van der Waals surface area contributed by atoms with E-state index in [2.05, 4.69) is 19.9 Å². The molecule has 1 aliphatic rings. The van der Waals surface area contributed by atoms with Crippen LogP contribution in [-0.4, -0.2) is 5.11 Å². The Hall–Kier alpha value is -1.54. The summed E-state index contributed by atoms with van der Waals surface area (Å²) in [5.74, 6) is -3.56. The second-order valence-electron chi connectivity index (χ2n) is 6.62. The standard InChI is InChI=1S/C16H18F3NO/c1-15(2)3-5-16(9-20,6-4-15)14(21)10-7-12(18)13(19)8-11(10)17/h7-8,14,21H,3-6H2,1-2H3. The third kappa shape index (κ3) is 2.91. The molecule has 0 aromatic heterocycles. The monoisotopic (exact) mass is 297 g/mol. The molecule has 1 aromatic carbocycles. The average Bonchev–Trinajstić information content (AvgIpc) is 2.43. The van der Waals surface area contributed by atoms with E-state index in [1.807, 2.05) is 0 Å². The summed E-state index contributed by atoms with van der Waals surface area (Å²) in [4.78, 5) is 0. The van der Waals surface area contributed by atoms with Crippen LogP contribution in [0.15, 0.2) is 12.1 Å². The number of nitriles is 1. The Labute approximate surface area is 122 Å². The fourth-order valence-electron chi connectivity index (χ4n) is 2.86. The summed E-state index contributed by atoms with van der Waals surface area (Å²) in [6.07, 6.45) is 0.756. The Morgan fingerprint density at radius 3 is 2.10 bits per heavy atom. The van der Waals surface area contributed by atoms with Crippen LogP contribution in [0.25, 0.3) is 0 Å². The maximum Gasteiger partial charge on any atom is 0.161 e. The smallest absolute Gasteiger partial charge is 0.161 e. The molecule has 0 saturated heterocycles. The van der Waals surface area contributed by atoms with Crippen LogP contribution in [0.5, 0.6) is 0 Å². The number of rotatable bonds is 2. The SMILES string of the molecule is CC1(C)CCC(C#N)(C(O)c2cc(F)c(F)cc2F)CC1. The van der Waals surface area contributed by atoms with Gasteiger partial charge in [-0.1, -0.05) is 13.8 Å². The predicted octanol–water partition coefficient (Wildman–Crippen LogP) is 4.25. The van der Waals surface area contributed by atoms with Gasteiger partial charge in [-0.15, -0.1) is 0 Å². The number of aliphatic hydroxyl groups excluding tert-OH is 1. The van der Waals surface area contributed by atoms with Crippen LogP contribution >= 0.6 is 0 Å². The van der Waals surface area contributed by atoms with Crippen LogP contribution in [0.4, 0.5) is 13.2 Å². The van der Waals surface area contributed by atoms with Gasteiger partial charge in [0.25, 0.3) is 0 Å². The molecular weight excluding hydrogens is 279 g/mol. The predicted molar refractivity (Wildman–Crippen MR) is 71.6 cm³/mol. The fourth-order valence-corrected chi connectivity index (χ4v) is 2.86. The van der Waals surface area contributed by atoms with E-state index in [9.17, 15) is 23.5 Å². The quantitative estimate of drug-likeness (QED) is 0.829. The fraction of sp³-hybridized carbons (Fsp3) is 0.562. The number of benzene rings is 1. The van der Waals surface area contributed by atoms with Crippen molar-refractivity contribution >= 4 is 0 Å². The van der Waals surface area contributed by atoms with E-state index >= 15 is 0 Å². The van der Waals surface area contributed by atoms with Crippen LogP contribution in [0.3, 0.4) is 0 Å². The zero-order chi connectivity index (χ0) is 15.8. The normalized spacial score (nSPS) is 21.6. The van der Waals surface area contributed by atoms with Crippen molar-refractivity contribution in [2.75, 3.05) is 0 Å². The molecule has 21 heavy (non-hydrogen) atoms. The number of nitrogens with zero attached hydrogens (tertiary/aromatic N) is 1. The number of hydrogen-bond donors (Lipinski definition) is 1. The van der Waals surface area contributed by atoms with Gasteiger partial charge in [-0.2, -0.15) is 5.26 Å². The van der Waals surface area contributed by atoms with Crippen LogP contribution in [0, 0.1) is 39.6 Å². The first-order valence-corrected chi connectivity index (χ1v) is 6.95. The lowest BCUT2D eigenvalue weighted by Crippen LogP contribution is -2.35. The maximum absolute atomic E-state index is 13.8. The molecule has 0 aliphatic heterocycles. The summed E-state index contributed by atoms with van der Waals surface area (Å²) in [6, 6.07) is 3.14. The van der Waals surface area contributed by atoms with Crippen LogP contribution in [-0.2, 0) is 0 Å². The van der Waals surface area contributed by atoms with Gasteiger partial charge in [0, 0.05) is 11.6 Å². The van der Waals surface area contributed by atoms with Crippen molar-refractivity contribution in [1.82, 2.24) is 0 Å². The molecule has 114 valence electrons. The van der Waals surface area contributed by atoms with E-state index in [0.29, 0.717) is 37.8 Å². The van der Waals surface area contributed by atoms with Crippen molar-refractivity contribution in [2.45, 2.75) is 45.6 Å². The first-order valence-electron chi connectivity index (χ1n) is 6.95. The van der Waals surface area contributed by atoms with E-state index in [1.54, 1.807) is 0 Å². The van der Waals surface area contributed by atoms with Gasteiger partial charge in [0.15, 0.2) is 11.6 Å². The topological polar surface area (TPSA) is 44.0 Å². The molecule has 1 N–H and O–H groups in total. The third-order valence-electron chi connectivity index (χ3n) is 4.58. The van der Waals surface area contributed by atoms with Gasteiger partial charge >= 0.3 is 0 Å². The molecule has 1 aromatic rings. The van der Waals surface area contributed by atoms with Gasteiger partial charge in [0.05, 0.1) is 11.5 Å². The average molecular weight is 297 g/mol. The molecule has 1 fully saturated rings. The summed E-state index contributed by atoms with van der Waals surface area (Å²) in [5, 5.41) is 19.9. The molecule has 1 unspecified atom stereocenters. The Morgan fingerprint density at radius 1 is 1.05 bits per heavy atom. The Bertz CT molecular complexity index is 582. The molecule has 0 heterocycles. The Balaban J connectivity index is 2.36. The first-order chi connectivity index (χ1) is 9.71. The lowest BCUT2D eigenvalue weighted by Gasteiger charge is -2.42. The second-order valence-corrected chi connectivity index (χ2v) is 6.62. The summed E-state index contributed by atoms with van der Waals surface area (Å²) in [7, 11) is 0. The molecule has 0 bridgehead atoms. The molecular formula is C16H18F3NO. The van der Waals surface area contributed by atoms with Crippen molar-refractivity contribution in [3.05, 3.63) is 35.1 Å². The molecule has 1 atom stereocenters. The Kier molecular flexibility index (Phi) is 4.03. The molecule has 0 amide bonds. The highest BCUT2D eigenvalue weighted by Crippen LogP contribution is 2.51. The van der Waals surface area contributed by atoms with Gasteiger partial charge in [0.1, 0.15) is 11.9 Å². The van der Waals surface area contributed by atoms with Crippen molar-refractivity contribution in [3.63, 3.8) is 0 Å². The highest BCUT2D eigenvalue weighted by Gasteiger charge is 2.45. The van der Waals surface area contributed by atoms with Crippen molar-refractivity contribution in [1.29, 1.82) is 5.26 Å². The molecule has 1 saturated carbocycles. The molecule has 5 heteroatoms. The second kappa shape index (κ2) is 5.34. The molecule has 0 radical (unpaired) electrons. The minimum Gasteiger partial charge on any atom is -0.387 e. The Morgan fingerprint density at radius 2 is 1.57 bits per heavy atom. The van der Waals surface area contributed by atoms with Gasteiger partial charge in [0.2, 0.25) is 0 Å². The molecule has 2 rings (SSSR count). The van der Waals surface area contributed by atoms with E-state index in [1.165, 1.54) is 0 Å². The molecule has 1 aliphatic carbocycles. The van der Waals surface area contributed by atoms with Crippen LogP contribution < -0.4 is 0 Å². The summed E-state index contributed by atoms with van der Waals surface area (Å²) >= 11 is 0. The minimum absolute atomic E-state index is 0.0622. The zero-order valence-electron chi connectivity index (χ0n) is 12.1. The minimum atomic E-state index is -1.46. The summed E-state index contributed by atoms with van der Waals surface area (Å²) in [5.41, 5.74) is -1.44. The lowest BCUT2D eigenvalue weighted by molar-refractivity contribution is 0.00725. The lowest BCUT2D eigenvalue weighted by atomic mass is 9.62. The van der Waals surface area contributed by atoms with Gasteiger partial charge in [-0.05, 0) is 37.2 Å².